The number of carbonyl (C=O) groups excluding carboxylic acids is 1. The lowest BCUT2D eigenvalue weighted by atomic mass is 10.2. The van der Waals surface area contributed by atoms with Crippen LogP contribution >= 0.6 is 0 Å². The van der Waals surface area contributed by atoms with Crippen LogP contribution in [0.5, 0.6) is 17.2 Å². The monoisotopic (exact) mass is 360 g/mol. The Bertz CT molecular complexity index is 691. The summed E-state index contributed by atoms with van der Waals surface area (Å²) in [6.45, 7) is 1.52. The van der Waals surface area contributed by atoms with Gasteiger partial charge in [-0.3, -0.25) is 4.79 Å². The zero-order chi connectivity index (χ0) is 18.8. The maximum Gasteiger partial charge on any atom is 0.248 e. The molecule has 0 aliphatic heterocycles. The standard InChI is InChI=1S/C19H24N2O5/c1-24-17-4-2-3-5-18(17)26-13-15(22)12-21-10-11-25-16-8-6-14(7-9-16)19(20)23/h2-9,15,21-22H,10-13H2,1H3,(H2,20,23)/t15-/m0/s1. The molecule has 0 aliphatic carbocycles. The second kappa shape index (κ2) is 10.3. The predicted octanol–water partition coefficient (Wildman–Crippen LogP) is 1.20. The third kappa shape index (κ3) is 6.27. The van der Waals surface area contributed by atoms with Gasteiger partial charge < -0.3 is 30.4 Å². The van der Waals surface area contributed by atoms with Crippen LogP contribution in [0.2, 0.25) is 0 Å². The molecule has 0 aromatic heterocycles. The normalized spacial score (nSPS) is 11.6. The quantitative estimate of drug-likeness (QED) is 0.521. The van der Waals surface area contributed by atoms with Crippen molar-refractivity contribution in [3.05, 3.63) is 54.1 Å². The Morgan fingerprint density at radius 3 is 2.46 bits per heavy atom. The molecule has 2 aromatic rings. The Hall–Kier alpha value is -2.77. The molecule has 4 N–H and O–H groups in total. The van der Waals surface area contributed by atoms with Crippen LogP contribution in [0.4, 0.5) is 0 Å². The number of hydrogen-bond donors (Lipinski definition) is 3. The van der Waals surface area contributed by atoms with Crippen molar-refractivity contribution >= 4 is 5.91 Å². The van der Waals surface area contributed by atoms with Crippen LogP contribution in [0, 0.1) is 0 Å². The molecule has 7 heteroatoms. The number of para-hydroxylation sites is 2. The van der Waals surface area contributed by atoms with Gasteiger partial charge >= 0.3 is 0 Å². The first-order valence-electron chi connectivity index (χ1n) is 8.27. The molecule has 1 amide bonds. The number of primary amides is 1. The van der Waals surface area contributed by atoms with Crippen molar-refractivity contribution in [2.45, 2.75) is 6.10 Å². The van der Waals surface area contributed by atoms with Crippen LogP contribution in [0.25, 0.3) is 0 Å². The van der Waals surface area contributed by atoms with Crippen LogP contribution in [0.1, 0.15) is 10.4 Å². The Morgan fingerprint density at radius 1 is 1.12 bits per heavy atom. The molecule has 0 saturated heterocycles. The van der Waals surface area contributed by atoms with E-state index in [4.69, 9.17) is 19.9 Å². The van der Waals surface area contributed by atoms with Gasteiger partial charge in [-0.05, 0) is 36.4 Å². The van der Waals surface area contributed by atoms with E-state index in [1.54, 1.807) is 43.5 Å². The van der Waals surface area contributed by atoms with E-state index < -0.39 is 12.0 Å². The van der Waals surface area contributed by atoms with E-state index in [0.717, 1.165) is 0 Å². The first-order chi connectivity index (χ1) is 12.6. The van der Waals surface area contributed by atoms with Crippen molar-refractivity contribution in [2.75, 3.05) is 33.4 Å². The molecule has 1 atom stereocenters. The van der Waals surface area contributed by atoms with Crippen LogP contribution in [0.15, 0.2) is 48.5 Å². The van der Waals surface area contributed by atoms with Crippen molar-refractivity contribution in [2.24, 2.45) is 5.73 Å². The Labute approximate surface area is 152 Å². The molecule has 26 heavy (non-hydrogen) atoms. The lowest BCUT2D eigenvalue weighted by Crippen LogP contribution is -2.33. The smallest absolute Gasteiger partial charge is 0.248 e. The van der Waals surface area contributed by atoms with Gasteiger partial charge in [-0.2, -0.15) is 0 Å². The lowest BCUT2D eigenvalue weighted by molar-refractivity contribution is 0.1000. The number of ether oxygens (including phenoxy) is 3. The number of nitrogens with one attached hydrogen (secondary N) is 1. The summed E-state index contributed by atoms with van der Waals surface area (Å²) in [5.41, 5.74) is 5.62. The third-order valence-corrected chi connectivity index (χ3v) is 3.57. The minimum atomic E-state index is -0.658. The van der Waals surface area contributed by atoms with Crippen molar-refractivity contribution in [3.8, 4) is 17.2 Å². The number of aliphatic hydroxyl groups excluding tert-OH is 1. The number of hydrogen-bond acceptors (Lipinski definition) is 6. The predicted molar refractivity (Wildman–Crippen MR) is 97.8 cm³/mol. The van der Waals surface area contributed by atoms with Crippen LogP contribution < -0.4 is 25.3 Å². The average molecular weight is 360 g/mol. The van der Waals surface area contributed by atoms with E-state index in [1.165, 1.54) is 0 Å². The Kier molecular flexibility index (Phi) is 7.73. The van der Waals surface area contributed by atoms with Gasteiger partial charge in [0.25, 0.3) is 0 Å². The van der Waals surface area contributed by atoms with Crippen molar-refractivity contribution in [1.29, 1.82) is 0 Å². The molecule has 2 rings (SSSR count). The molecule has 0 spiro atoms. The summed E-state index contributed by atoms with van der Waals surface area (Å²) in [5.74, 6) is 1.40. The Morgan fingerprint density at radius 2 is 1.81 bits per heavy atom. The fraction of sp³-hybridized carbons (Fsp3) is 0.316. The average Bonchev–Trinajstić information content (AvgIpc) is 2.66. The topological polar surface area (TPSA) is 103 Å². The molecular formula is C19H24N2O5. The molecule has 0 radical (unpaired) electrons. The number of amides is 1. The van der Waals surface area contributed by atoms with Crippen LogP contribution in [-0.2, 0) is 0 Å². The number of nitrogens with two attached hydrogens (primary N) is 1. The summed E-state index contributed by atoms with van der Waals surface area (Å²) in [4.78, 5) is 11.0. The molecule has 0 aliphatic rings. The van der Waals surface area contributed by atoms with Gasteiger partial charge in [0, 0.05) is 18.7 Å². The summed E-state index contributed by atoms with van der Waals surface area (Å²) in [7, 11) is 1.57. The molecule has 0 bridgehead atoms. The van der Waals surface area contributed by atoms with E-state index in [0.29, 0.717) is 42.5 Å². The summed E-state index contributed by atoms with van der Waals surface area (Å²) in [5, 5.41) is 13.0. The van der Waals surface area contributed by atoms with E-state index in [9.17, 15) is 9.90 Å². The van der Waals surface area contributed by atoms with E-state index >= 15 is 0 Å². The van der Waals surface area contributed by atoms with Gasteiger partial charge in [0.2, 0.25) is 5.91 Å². The van der Waals surface area contributed by atoms with Crippen molar-refractivity contribution < 1.29 is 24.1 Å². The minimum Gasteiger partial charge on any atom is -0.493 e. The molecule has 0 unspecified atom stereocenters. The highest BCUT2D eigenvalue weighted by Crippen LogP contribution is 2.25. The molecule has 0 saturated carbocycles. The molecule has 2 aromatic carbocycles. The number of aliphatic hydroxyl groups is 1. The van der Waals surface area contributed by atoms with Crippen LogP contribution in [-0.4, -0.2) is 50.5 Å². The number of benzene rings is 2. The highest BCUT2D eigenvalue weighted by atomic mass is 16.5. The summed E-state index contributed by atoms with van der Waals surface area (Å²) < 4.78 is 16.3. The van der Waals surface area contributed by atoms with Crippen molar-refractivity contribution in [1.82, 2.24) is 5.32 Å². The van der Waals surface area contributed by atoms with Gasteiger partial charge in [0.1, 0.15) is 25.1 Å². The SMILES string of the molecule is COc1ccccc1OC[C@@H](O)CNCCOc1ccc(C(N)=O)cc1. The first kappa shape index (κ1) is 19.6. The van der Waals surface area contributed by atoms with Crippen molar-refractivity contribution in [3.63, 3.8) is 0 Å². The zero-order valence-electron chi connectivity index (χ0n) is 14.7. The highest BCUT2D eigenvalue weighted by Gasteiger charge is 2.08. The van der Waals surface area contributed by atoms with E-state index in [1.807, 2.05) is 12.1 Å². The highest BCUT2D eigenvalue weighted by molar-refractivity contribution is 5.92. The second-order valence-corrected chi connectivity index (χ2v) is 5.56. The maximum atomic E-state index is 11.0. The fourth-order valence-corrected chi connectivity index (χ4v) is 2.21. The second-order valence-electron chi connectivity index (χ2n) is 5.56. The van der Waals surface area contributed by atoms with E-state index in [2.05, 4.69) is 5.32 Å². The van der Waals surface area contributed by atoms with E-state index in [-0.39, 0.29) is 6.61 Å². The fourth-order valence-electron chi connectivity index (χ4n) is 2.21. The number of methoxy groups -OCH3 is 1. The summed E-state index contributed by atoms with van der Waals surface area (Å²) >= 11 is 0. The van der Waals surface area contributed by atoms with Gasteiger partial charge in [0.05, 0.1) is 7.11 Å². The zero-order valence-corrected chi connectivity index (χ0v) is 14.7. The molecular weight excluding hydrogens is 336 g/mol. The third-order valence-electron chi connectivity index (χ3n) is 3.57. The summed E-state index contributed by atoms with van der Waals surface area (Å²) in [6.07, 6.45) is -0.658. The molecule has 0 fully saturated rings. The number of rotatable bonds is 11. The minimum absolute atomic E-state index is 0.156. The van der Waals surface area contributed by atoms with Gasteiger partial charge in [-0.25, -0.2) is 0 Å². The molecule has 0 heterocycles. The van der Waals surface area contributed by atoms with Crippen LogP contribution in [0.3, 0.4) is 0 Å². The molecule has 7 nitrogen and oxygen atoms in total. The maximum absolute atomic E-state index is 11.0. The largest absolute Gasteiger partial charge is 0.493 e. The van der Waals surface area contributed by atoms with Gasteiger partial charge in [-0.15, -0.1) is 0 Å². The summed E-state index contributed by atoms with van der Waals surface area (Å²) in [6, 6.07) is 13.9. The number of carbonyl (C=O) groups is 1. The molecule has 140 valence electrons. The van der Waals surface area contributed by atoms with Gasteiger partial charge in [0.15, 0.2) is 11.5 Å². The lowest BCUT2D eigenvalue weighted by Gasteiger charge is -2.15. The van der Waals surface area contributed by atoms with Gasteiger partial charge in [-0.1, -0.05) is 12.1 Å². The first-order valence-corrected chi connectivity index (χ1v) is 8.27. The Balaban J connectivity index is 1.61.